The smallest absolute Gasteiger partial charge is 0.406 e. The lowest BCUT2D eigenvalue weighted by Gasteiger charge is -2.08. The molecule has 0 bridgehead atoms. The largest absolute Gasteiger partial charge is 0.573 e. The van der Waals surface area contributed by atoms with Gasteiger partial charge >= 0.3 is 6.36 Å². The van der Waals surface area contributed by atoms with Gasteiger partial charge in [0.1, 0.15) is 5.75 Å². The Balaban J connectivity index is 2.60. The Kier molecular flexibility index (Phi) is 3.71. The molecule has 81 valence electrons. The van der Waals surface area contributed by atoms with E-state index in [-0.39, 0.29) is 12.2 Å². The van der Waals surface area contributed by atoms with E-state index in [9.17, 15) is 18.0 Å². The highest BCUT2D eigenvalue weighted by Gasteiger charge is 2.30. The van der Waals surface area contributed by atoms with Crippen LogP contribution in [0.3, 0.4) is 0 Å². The normalized spacial score (nSPS) is 11.1. The molecule has 0 saturated heterocycles. The minimum atomic E-state index is -4.67. The SMILES string of the molecule is O=[C]CCc1ccc(OC(F)(F)F)cc1. The van der Waals surface area contributed by atoms with Crippen molar-refractivity contribution < 1.29 is 22.7 Å². The molecule has 0 unspecified atom stereocenters. The van der Waals surface area contributed by atoms with Gasteiger partial charge in [-0.1, -0.05) is 12.1 Å². The van der Waals surface area contributed by atoms with Gasteiger partial charge < -0.3 is 4.74 Å². The van der Waals surface area contributed by atoms with Crippen molar-refractivity contribution in [2.24, 2.45) is 0 Å². The summed E-state index contributed by atoms with van der Waals surface area (Å²) < 4.78 is 39.0. The van der Waals surface area contributed by atoms with Crippen molar-refractivity contribution in [3.63, 3.8) is 0 Å². The zero-order chi connectivity index (χ0) is 11.3. The molecule has 0 aromatic heterocycles. The molecule has 0 spiro atoms. The van der Waals surface area contributed by atoms with Crippen molar-refractivity contribution in [1.29, 1.82) is 0 Å². The lowest BCUT2D eigenvalue weighted by Crippen LogP contribution is -2.17. The quantitative estimate of drug-likeness (QED) is 0.774. The number of hydrogen-bond donors (Lipinski definition) is 0. The highest BCUT2D eigenvalue weighted by Crippen LogP contribution is 2.22. The number of alkyl halides is 3. The Morgan fingerprint density at radius 3 is 2.27 bits per heavy atom. The molecule has 1 radical (unpaired) electrons. The summed E-state index contributed by atoms with van der Waals surface area (Å²) in [5.41, 5.74) is 0.771. The summed E-state index contributed by atoms with van der Waals surface area (Å²) in [5, 5.41) is 0. The molecule has 5 heteroatoms. The second-order valence-electron chi connectivity index (χ2n) is 2.84. The molecule has 0 aliphatic heterocycles. The van der Waals surface area contributed by atoms with Crippen LogP contribution in [0.25, 0.3) is 0 Å². The second kappa shape index (κ2) is 4.82. The summed E-state index contributed by atoms with van der Waals surface area (Å²) in [6, 6.07) is 5.40. The van der Waals surface area contributed by atoms with Crippen molar-refractivity contribution >= 4 is 6.29 Å². The van der Waals surface area contributed by atoms with Gasteiger partial charge in [0.25, 0.3) is 0 Å². The van der Waals surface area contributed by atoms with Crippen LogP contribution in [0.4, 0.5) is 13.2 Å². The third kappa shape index (κ3) is 4.49. The van der Waals surface area contributed by atoms with Gasteiger partial charge in [0.15, 0.2) is 6.29 Å². The van der Waals surface area contributed by atoms with Crippen LogP contribution in [0.1, 0.15) is 12.0 Å². The van der Waals surface area contributed by atoms with Crippen LogP contribution in [0.15, 0.2) is 24.3 Å². The predicted octanol–water partition coefficient (Wildman–Crippen LogP) is 2.63. The van der Waals surface area contributed by atoms with Crippen molar-refractivity contribution in [3.05, 3.63) is 29.8 Å². The molecule has 2 nitrogen and oxygen atoms in total. The molecule has 0 N–H and O–H groups in total. The molecular weight excluding hydrogens is 209 g/mol. The monoisotopic (exact) mass is 217 g/mol. The van der Waals surface area contributed by atoms with Crippen LogP contribution < -0.4 is 4.74 Å². The maximum Gasteiger partial charge on any atom is 0.573 e. The highest BCUT2D eigenvalue weighted by molar-refractivity contribution is 5.51. The van der Waals surface area contributed by atoms with Gasteiger partial charge in [-0.2, -0.15) is 0 Å². The van der Waals surface area contributed by atoms with Crippen LogP contribution in [-0.2, 0) is 11.2 Å². The minimum Gasteiger partial charge on any atom is -0.406 e. The summed E-state index contributed by atoms with van der Waals surface area (Å²) in [6.45, 7) is 0. The fourth-order valence-electron chi connectivity index (χ4n) is 1.05. The van der Waals surface area contributed by atoms with Crippen molar-refractivity contribution in [3.8, 4) is 5.75 Å². The summed E-state index contributed by atoms with van der Waals surface area (Å²) in [7, 11) is 0. The summed E-state index contributed by atoms with van der Waals surface area (Å²) in [5.74, 6) is -0.263. The number of aryl methyl sites for hydroxylation is 1. The van der Waals surface area contributed by atoms with Gasteiger partial charge in [-0.25, -0.2) is 0 Å². The molecule has 15 heavy (non-hydrogen) atoms. The van der Waals surface area contributed by atoms with Gasteiger partial charge in [-0.05, 0) is 24.1 Å². The number of hydrogen-bond acceptors (Lipinski definition) is 2. The zero-order valence-corrected chi connectivity index (χ0v) is 7.67. The Hall–Kier alpha value is -1.52. The molecule has 0 atom stereocenters. The van der Waals surface area contributed by atoms with Crippen LogP contribution in [0.2, 0.25) is 0 Å². The molecule has 1 rings (SSSR count). The summed E-state index contributed by atoms with van der Waals surface area (Å²) in [4.78, 5) is 9.93. The van der Waals surface area contributed by atoms with Gasteiger partial charge in [0, 0.05) is 6.42 Å². The summed E-state index contributed by atoms with van der Waals surface area (Å²) >= 11 is 0. The highest BCUT2D eigenvalue weighted by atomic mass is 19.4. The van der Waals surface area contributed by atoms with Crippen LogP contribution >= 0.6 is 0 Å². The molecule has 0 aliphatic rings. The van der Waals surface area contributed by atoms with Crippen LogP contribution in [0, 0.1) is 0 Å². The van der Waals surface area contributed by atoms with E-state index < -0.39 is 6.36 Å². The molecule has 0 saturated carbocycles. The maximum absolute atomic E-state index is 11.8. The van der Waals surface area contributed by atoms with Crippen molar-refractivity contribution in [2.75, 3.05) is 0 Å². The van der Waals surface area contributed by atoms with Gasteiger partial charge in [-0.15, -0.1) is 13.2 Å². The first-order chi connectivity index (χ1) is 7.01. The fraction of sp³-hybridized carbons (Fsp3) is 0.300. The van der Waals surface area contributed by atoms with Gasteiger partial charge in [0.05, 0.1) is 0 Å². The predicted molar refractivity (Wildman–Crippen MR) is 47.1 cm³/mol. The topological polar surface area (TPSA) is 26.3 Å². The van der Waals surface area contributed by atoms with E-state index in [1.165, 1.54) is 24.3 Å². The standard InChI is InChI=1S/C10H8F3O2/c11-10(12,13)15-9-5-3-8(4-6-9)2-1-7-14/h3-6H,1-2H2. The maximum atomic E-state index is 11.8. The average molecular weight is 217 g/mol. The lowest BCUT2D eigenvalue weighted by atomic mass is 10.1. The third-order valence-corrected chi connectivity index (χ3v) is 1.67. The van der Waals surface area contributed by atoms with Gasteiger partial charge in [0.2, 0.25) is 0 Å². The Morgan fingerprint density at radius 2 is 1.80 bits per heavy atom. The van der Waals surface area contributed by atoms with Crippen LogP contribution in [0.5, 0.6) is 5.75 Å². The van der Waals surface area contributed by atoms with E-state index in [2.05, 4.69) is 4.74 Å². The number of benzene rings is 1. The first-order valence-corrected chi connectivity index (χ1v) is 4.21. The lowest BCUT2D eigenvalue weighted by molar-refractivity contribution is -0.274. The van der Waals surface area contributed by atoms with Crippen molar-refractivity contribution in [2.45, 2.75) is 19.2 Å². The van der Waals surface area contributed by atoms with Crippen molar-refractivity contribution in [1.82, 2.24) is 0 Å². The Bertz CT molecular complexity index is 316. The Morgan fingerprint density at radius 1 is 1.20 bits per heavy atom. The van der Waals surface area contributed by atoms with E-state index in [0.717, 1.165) is 5.56 Å². The molecule has 0 fully saturated rings. The third-order valence-electron chi connectivity index (χ3n) is 1.67. The zero-order valence-electron chi connectivity index (χ0n) is 7.67. The molecule has 1 aromatic rings. The summed E-state index contributed by atoms with van der Waals surface area (Å²) in [6.07, 6.45) is -2.26. The number of ether oxygens (including phenoxy) is 1. The number of halogens is 3. The second-order valence-corrected chi connectivity index (χ2v) is 2.84. The first kappa shape index (κ1) is 11.6. The molecule has 0 amide bonds. The molecule has 1 aromatic carbocycles. The fourth-order valence-corrected chi connectivity index (χ4v) is 1.05. The number of rotatable bonds is 4. The average Bonchev–Trinajstić information content (AvgIpc) is 2.14. The molecule has 0 aliphatic carbocycles. The van der Waals surface area contributed by atoms with E-state index >= 15 is 0 Å². The first-order valence-electron chi connectivity index (χ1n) is 4.21. The van der Waals surface area contributed by atoms with Crippen LogP contribution in [-0.4, -0.2) is 12.6 Å². The molecular formula is C10H8F3O2. The molecule has 0 heterocycles. The Labute approximate surface area is 84.7 Å². The van der Waals surface area contributed by atoms with Gasteiger partial charge in [-0.3, -0.25) is 4.79 Å². The van der Waals surface area contributed by atoms with E-state index in [4.69, 9.17) is 0 Å². The van der Waals surface area contributed by atoms with E-state index in [0.29, 0.717) is 6.42 Å². The number of carbonyl (C=O) groups excluding carboxylic acids is 1. The van der Waals surface area contributed by atoms with E-state index in [1.54, 1.807) is 6.29 Å². The van der Waals surface area contributed by atoms with E-state index in [1.807, 2.05) is 0 Å². The minimum absolute atomic E-state index is 0.236.